The zero-order chi connectivity index (χ0) is 14.7. The van der Waals surface area contributed by atoms with Crippen molar-refractivity contribution in [3.05, 3.63) is 101 Å². The van der Waals surface area contributed by atoms with Gasteiger partial charge in [-0.3, -0.25) is 0 Å². The first-order valence-corrected chi connectivity index (χ1v) is 7.64. The lowest BCUT2D eigenvalue weighted by Crippen LogP contribution is -1.87. The van der Waals surface area contributed by atoms with Gasteiger partial charge < -0.3 is 0 Å². The molecule has 0 atom stereocenters. The van der Waals surface area contributed by atoms with E-state index < -0.39 is 0 Å². The Labute approximate surface area is 133 Å². The van der Waals surface area contributed by atoms with Crippen LogP contribution in [0.4, 0.5) is 0 Å². The van der Waals surface area contributed by atoms with Crippen LogP contribution in [0.25, 0.3) is 16.7 Å². The fourth-order valence-corrected chi connectivity index (χ4v) is 2.76. The highest BCUT2D eigenvalue weighted by molar-refractivity contribution is 9.10. The molecule has 3 aromatic carbocycles. The van der Waals surface area contributed by atoms with Crippen LogP contribution < -0.4 is 0 Å². The van der Waals surface area contributed by atoms with E-state index in [4.69, 9.17) is 0 Å². The summed E-state index contributed by atoms with van der Waals surface area (Å²) in [7, 11) is 0. The van der Waals surface area contributed by atoms with Gasteiger partial charge in [-0.1, -0.05) is 83.2 Å². The maximum absolute atomic E-state index is 4.24. The van der Waals surface area contributed by atoms with Crippen molar-refractivity contribution in [2.24, 2.45) is 0 Å². The average molecular weight is 335 g/mol. The van der Waals surface area contributed by atoms with E-state index in [0.717, 1.165) is 21.2 Å². The van der Waals surface area contributed by atoms with Crippen LogP contribution in [0.15, 0.2) is 89.9 Å². The molecule has 0 aliphatic heterocycles. The van der Waals surface area contributed by atoms with Gasteiger partial charge in [0.25, 0.3) is 0 Å². The van der Waals surface area contributed by atoms with Crippen molar-refractivity contribution in [3.63, 3.8) is 0 Å². The van der Waals surface area contributed by atoms with E-state index in [9.17, 15) is 0 Å². The molecular formula is C20H15Br. The molecule has 0 nitrogen and oxygen atoms in total. The number of hydrogen-bond acceptors (Lipinski definition) is 0. The predicted octanol–water partition coefficient (Wildman–Crippen LogP) is 6.18. The van der Waals surface area contributed by atoms with Crippen molar-refractivity contribution in [1.82, 2.24) is 0 Å². The molecular weight excluding hydrogens is 320 g/mol. The minimum Gasteiger partial charge on any atom is -0.0906 e. The quantitative estimate of drug-likeness (QED) is 0.536. The Morgan fingerprint density at radius 1 is 0.667 bits per heavy atom. The van der Waals surface area contributed by atoms with Crippen LogP contribution >= 0.6 is 15.9 Å². The number of rotatable bonds is 3. The van der Waals surface area contributed by atoms with E-state index in [0.29, 0.717) is 0 Å². The molecule has 0 heterocycles. The fourth-order valence-electron chi connectivity index (χ4n) is 2.36. The second kappa shape index (κ2) is 6.11. The first-order chi connectivity index (χ1) is 10.2. The smallest absolute Gasteiger partial charge is 0.0181 e. The van der Waals surface area contributed by atoms with Gasteiger partial charge >= 0.3 is 0 Å². The lowest BCUT2D eigenvalue weighted by Gasteiger charge is -2.09. The largest absolute Gasteiger partial charge is 0.0906 e. The summed E-state index contributed by atoms with van der Waals surface area (Å²) in [6.45, 7) is 4.24. The second-order valence-corrected chi connectivity index (χ2v) is 5.85. The van der Waals surface area contributed by atoms with E-state index in [1.54, 1.807) is 0 Å². The van der Waals surface area contributed by atoms with Crippen molar-refractivity contribution < 1.29 is 0 Å². The first-order valence-electron chi connectivity index (χ1n) is 6.85. The van der Waals surface area contributed by atoms with Crippen molar-refractivity contribution in [2.75, 3.05) is 0 Å². The molecule has 3 rings (SSSR count). The Hall–Kier alpha value is -2.12. The topological polar surface area (TPSA) is 0 Å². The van der Waals surface area contributed by atoms with Gasteiger partial charge in [0.05, 0.1) is 0 Å². The molecule has 0 saturated heterocycles. The van der Waals surface area contributed by atoms with E-state index in [2.05, 4.69) is 77.1 Å². The molecule has 102 valence electrons. The van der Waals surface area contributed by atoms with Crippen LogP contribution in [0.3, 0.4) is 0 Å². The summed E-state index contributed by atoms with van der Waals surface area (Å²) in [4.78, 5) is 0. The molecule has 0 saturated carbocycles. The lowest BCUT2D eigenvalue weighted by molar-refractivity contribution is 1.54. The van der Waals surface area contributed by atoms with Crippen molar-refractivity contribution in [1.29, 1.82) is 0 Å². The first kappa shape index (κ1) is 13.8. The van der Waals surface area contributed by atoms with E-state index in [1.165, 1.54) is 11.1 Å². The molecule has 0 unspecified atom stereocenters. The summed E-state index contributed by atoms with van der Waals surface area (Å²) in [5.74, 6) is 0. The summed E-state index contributed by atoms with van der Waals surface area (Å²) in [5.41, 5.74) is 5.76. The molecule has 0 radical (unpaired) electrons. The molecule has 0 N–H and O–H groups in total. The third-order valence-corrected chi connectivity index (χ3v) is 3.98. The molecule has 0 fully saturated rings. The van der Waals surface area contributed by atoms with Crippen molar-refractivity contribution in [2.45, 2.75) is 0 Å². The molecule has 0 aliphatic carbocycles. The fraction of sp³-hybridized carbons (Fsp3) is 0. The SMILES string of the molecule is C=C(c1ccccc1)c1cccc(-c2cccc(Br)c2)c1. The highest BCUT2D eigenvalue weighted by atomic mass is 79.9. The Bertz CT molecular complexity index is 773. The minimum atomic E-state index is 1.05. The average Bonchev–Trinajstić information content (AvgIpc) is 2.55. The predicted molar refractivity (Wildman–Crippen MR) is 94.2 cm³/mol. The van der Waals surface area contributed by atoms with Crippen LogP contribution in [0.1, 0.15) is 11.1 Å². The van der Waals surface area contributed by atoms with Gasteiger partial charge in [0.1, 0.15) is 0 Å². The number of hydrogen-bond donors (Lipinski definition) is 0. The van der Waals surface area contributed by atoms with Gasteiger partial charge in [0.15, 0.2) is 0 Å². The second-order valence-electron chi connectivity index (χ2n) is 4.94. The van der Waals surface area contributed by atoms with Crippen LogP contribution in [-0.4, -0.2) is 0 Å². The summed E-state index contributed by atoms with van der Waals surface area (Å²) < 4.78 is 1.09. The monoisotopic (exact) mass is 334 g/mol. The third kappa shape index (κ3) is 3.14. The summed E-state index contributed by atoms with van der Waals surface area (Å²) in [6, 6.07) is 27.1. The molecule has 0 aliphatic rings. The minimum absolute atomic E-state index is 1.05. The van der Waals surface area contributed by atoms with Crippen LogP contribution in [0.2, 0.25) is 0 Å². The maximum Gasteiger partial charge on any atom is 0.0181 e. The van der Waals surface area contributed by atoms with E-state index in [-0.39, 0.29) is 0 Å². The highest BCUT2D eigenvalue weighted by Gasteiger charge is 2.04. The standard InChI is InChI=1S/C20H15Br/c1-15(16-7-3-2-4-8-16)17-9-5-10-18(13-17)19-11-6-12-20(21)14-19/h2-14H,1H2. The van der Waals surface area contributed by atoms with Crippen molar-refractivity contribution in [3.8, 4) is 11.1 Å². The molecule has 0 bridgehead atoms. The molecule has 0 amide bonds. The molecule has 3 aromatic rings. The Balaban J connectivity index is 1.99. The zero-order valence-corrected chi connectivity index (χ0v) is 13.2. The Morgan fingerprint density at radius 3 is 2.00 bits per heavy atom. The number of halogens is 1. The van der Waals surface area contributed by atoms with Gasteiger partial charge in [-0.25, -0.2) is 0 Å². The molecule has 21 heavy (non-hydrogen) atoms. The van der Waals surface area contributed by atoms with E-state index >= 15 is 0 Å². The van der Waals surface area contributed by atoms with Gasteiger partial charge in [0, 0.05) is 4.47 Å². The van der Waals surface area contributed by atoms with Gasteiger partial charge in [-0.15, -0.1) is 0 Å². The lowest BCUT2D eigenvalue weighted by atomic mass is 9.96. The third-order valence-electron chi connectivity index (χ3n) is 3.49. The summed E-state index contributed by atoms with van der Waals surface area (Å²) in [6.07, 6.45) is 0. The molecule has 0 spiro atoms. The molecule has 0 aromatic heterocycles. The summed E-state index contributed by atoms with van der Waals surface area (Å²) in [5, 5.41) is 0. The highest BCUT2D eigenvalue weighted by Crippen LogP contribution is 2.28. The normalized spacial score (nSPS) is 10.3. The zero-order valence-electron chi connectivity index (χ0n) is 11.6. The summed E-state index contributed by atoms with van der Waals surface area (Å²) >= 11 is 3.53. The Kier molecular flexibility index (Phi) is 4.03. The maximum atomic E-state index is 4.24. The number of benzene rings is 3. The van der Waals surface area contributed by atoms with Gasteiger partial charge in [0.2, 0.25) is 0 Å². The van der Waals surface area contributed by atoms with Crippen LogP contribution in [-0.2, 0) is 0 Å². The van der Waals surface area contributed by atoms with E-state index in [1.807, 2.05) is 24.3 Å². The Morgan fingerprint density at radius 2 is 1.29 bits per heavy atom. The van der Waals surface area contributed by atoms with Crippen LogP contribution in [0, 0.1) is 0 Å². The van der Waals surface area contributed by atoms with Gasteiger partial charge in [-0.2, -0.15) is 0 Å². The van der Waals surface area contributed by atoms with Gasteiger partial charge in [-0.05, 0) is 46.0 Å². The van der Waals surface area contributed by atoms with Crippen molar-refractivity contribution >= 4 is 21.5 Å². The molecule has 1 heteroatoms. The van der Waals surface area contributed by atoms with Crippen LogP contribution in [0.5, 0.6) is 0 Å².